The Balaban J connectivity index is 2.24. The number of carbonyl (C=O) groups is 1. The van der Waals surface area contributed by atoms with Gasteiger partial charge >= 0.3 is 0 Å². The molecule has 1 aliphatic carbocycles. The van der Waals surface area contributed by atoms with E-state index in [4.69, 9.17) is 4.74 Å². The summed E-state index contributed by atoms with van der Waals surface area (Å²) in [6.45, 7) is 4.80. The van der Waals surface area contributed by atoms with E-state index in [-0.39, 0.29) is 12.5 Å². The van der Waals surface area contributed by atoms with Gasteiger partial charge < -0.3 is 20.3 Å². The Morgan fingerprint density at radius 1 is 1.12 bits per heavy atom. The molecule has 140 valence electrons. The fourth-order valence-corrected chi connectivity index (χ4v) is 2.61. The Morgan fingerprint density at radius 2 is 1.79 bits per heavy atom. The monoisotopic (exact) mass is 340 g/mol. The predicted octanol–water partition coefficient (Wildman–Crippen LogP) is 2.15. The molecule has 1 saturated carbocycles. The summed E-state index contributed by atoms with van der Waals surface area (Å²) in [7, 11) is 3.50. The Morgan fingerprint density at radius 3 is 2.42 bits per heavy atom. The van der Waals surface area contributed by atoms with E-state index in [0.717, 1.165) is 44.9 Å². The molecule has 0 saturated heterocycles. The van der Waals surface area contributed by atoms with Crippen LogP contribution in [0.5, 0.6) is 0 Å². The lowest BCUT2D eigenvalue weighted by molar-refractivity contribution is -0.127. The molecule has 0 aliphatic heterocycles. The first kappa shape index (κ1) is 20.7. The molecule has 1 aliphatic rings. The number of rotatable bonds is 10. The van der Waals surface area contributed by atoms with Gasteiger partial charge in [-0.3, -0.25) is 4.79 Å². The van der Waals surface area contributed by atoms with Gasteiger partial charge in [0.05, 0.1) is 6.10 Å². The first-order chi connectivity index (χ1) is 11.6. The van der Waals surface area contributed by atoms with Crippen LogP contribution in [0.25, 0.3) is 0 Å². The molecule has 0 aromatic heterocycles. The van der Waals surface area contributed by atoms with Crippen molar-refractivity contribution in [3.63, 3.8) is 0 Å². The lowest BCUT2D eigenvalue weighted by Crippen LogP contribution is -2.39. The first-order valence-corrected chi connectivity index (χ1v) is 9.47. The molecule has 1 fully saturated rings. The van der Waals surface area contributed by atoms with Crippen molar-refractivity contribution in [1.29, 1.82) is 0 Å². The van der Waals surface area contributed by atoms with Gasteiger partial charge in [-0.1, -0.05) is 32.6 Å². The highest BCUT2D eigenvalue weighted by molar-refractivity contribution is 5.84. The fourth-order valence-electron chi connectivity index (χ4n) is 2.61. The summed E-state index contributed by atoms with van der Waals surface area (Å²) in [6.07, 6.45) is 10.0. The zero-order valence-corrected chi connectivity index (χ0v) is 15.8. The molecule has 0 radical (unpaired) electrons. The summed E-state index contributed by atoms with van der Waals surface area (Å²) in [5.74, 6) is 0.725. The fraction of sp³-hybridized carbons (Fsp3) is 0.889. The number of carbonyl (C=O) groups excluding carboxylic acids is 1. The maximum atomic E-state index is 11.7. The maximum absolute atomic E-state index is 11.7. The van der Waals surface area contributed by atoms with E-state index < -0.39 is 0 Å². The molecule has 0 heterocycles. The number of ether oxygens (including phenoxy) is 1. The van der Waals surface area contributed by atoms with E-state index in [2.05, 4.69) is 22.5 Å². The average molecular weight is 341 g/mol. The van der Waals surface area contributed by atoms with Crippen molar-refractivity contribution in [1.82, 2.24) is 15.5 Å². The van der Waals surface area contributed by atoms with Gasteiger partial charge in [-0.05, 0) is 25.7 Å². The summed E-state index contributed by atoms with van der Waals surface area (Å²) in [4.78, 5) is 17.6. The van der Waals surface area contributed by atoms with Crippen LogP contribution < -0.4 is 10.6 Å². The van der Waals surface area contributed by atoms with Crippen LogP contribution in [0.1, 0.15) is 58.3 Å². The first-order valence-electron chi connectivity index (χ1n) is 9.47. The van der Waals surface area contributed by atoms with Crippen molar-refractivity contribution >= 4 is 11.9 Å². The van der Waals surface area contributed by atoms with Gasteiger partial charge in [0.25, 0.3) is 0 Å². The van der Waals surface area contributed by atoms with Crippen LogP contribution in [0.4, 0.5) is 0 Å². The molecule has 0 atom stereocenters. The standard InChI is InChI=1S/C18H36N4O2/c1-4-5-12-19-18(21-15-17(23)22(2)3)20-13-9-14-24-16-10-7-6-8-11-16/h16H,4-15H2,1-3H3,(H2,19,20,21). The van der Waals surface area contributed by atoms with Crippen molar-refractivity contribution in [3.8, 4) is 0 Å². The van der Waals surface area contributed by atoms with Gasteiger partial charge in [-0.25, -0.2) is 4.99 Å². The third kappa shape index (κ3) is 9.75. The largest absolute Gasteiger partial charge is 0.378 e. The van der Waals surface area contributed by atoms with Crippen molar-refractivity contribution in [2.24, 2.45) is 4.99 Å². The number of hydrogen-bond donors (Lipinski definition) is 2. The molecule has 0 bridgehead atoms. The maximum Gasteiger partial charge on any atom is 0.243 e. The molecule has 0 aromatic carbocycles. The quantitative estimate of drug-likeness (QED) is 0.363. The van der Waals surface area contributed by atoms with Crippen molar-refractivity contribution in [2.75, 3.05) is 40.3 Å². The second-order valence-corrected chi connectivity index (χ2v) is 6.64. The molecule has 6 nitrogen and oxygen atoms in total. The summed E-state index contributed by atoms with van der Waals surface area (Å²) in [6, 6.07) is 0. The number of hydrogen-bond acceptors (Lipinski definition) is 3. The Bertz CT molecular complexity index is 366. The number of guanidine groups is 1. The lowest BCUT2D eigenvalue weighted by atomic mass is 9.98. The topological polar surface area (TPSA) is 66.0 Å². The molecule has 2 N–H and O–H groups in total. The number of nitrogens with zero attached hydrogens (tertiary/aromatic N) is 2. The zero-order valence-electron chi connectivity index (χ0n) is 15.8. The van der Waals surface area contributed by atoms with E-state index in [1.165, 1.54) is 32.1 Å². The molecule has 1 rings (SSSR count). The van der Waals surface area contributed by atoms with Crippen LogP contribution in [0, 0.1) is 0 Å². The number of likely N-dealkylation sites (N-methyl/N-ethyl adjacent to an activating group) is 1. The van der Waals surface area contributed by atoms with E-state index in [0.29, 0.717) is 6.10 Å². The average Bonchev–Trinajstić information content (AvgIpc) is 2.59. The van der Waals surface area contributed by atoms with Gasteiger partial charge in [-0.15, -0.1) is 0 Å². The van der Waals surface area contributed by atoms with E-state index in [9.17, 15) is 4.79 Å². The highest BCUT2D eigenvalue weighted by atomic mass is 16.5. The van der Waals surface area contributed by atoms with Crippen molar-refractivity contribution < 1.29 is 9.53 Å². The normalized spacial score (nSPS) is 16.0. The van der Waals surface area contributed by atoms with Gasteiger partial charge in [-0.2, -0.15) is 0 Å². The number of nitrogens with one attached hydrogen (secondary N) is 2. The smallest absolute Gasteiger partial charge is 0.243 e. The molecular weight excluding hydrogens is 304 g/mol. The van der Waals surface area contributed by atoms with E-state index in [1.54, 1.807) is 19.0 Å². The second kappa shape index (κ2) is 13.0. The van der Waals surface area contributed by atoms with Crippen LogP contribution in [-0.4, -0.2) is 63.2 Å². The van der Waals surface area contributed by atoms with Gasteiger partial charge in [0.2, 0.25) is 5.91 Å². The summed E-state index contributed by atoms with van der Waals surface area (Å²) < 4.78 is 5.93. The van der Waals surface area contributed by atoms with Gasteiger partial charge in [0.1, 0.15) is 6.54 Å². The van der Waals surface area contributed by atoms with Gasteiger partial charge in [0.15, 0.2) is 5.96 Å². The minimum Gasteiger partial charge on any atom is -0.378 e. The molecule has 0 spiro atoms. The molecule has 0 aromatic rings. The number of amides is 1. The van der Waals surface area contributed by atoms with Crippen LogP contribution >= 0.6 is 0 Å². The summed E-state index contributed by atoms with van der Waals surface area (Å²) in [5, 5.41) is 6.58. The lowest BCUT2D eigenvalue weighted by Gasteiger charge is -2.22. The molecule has 24 heavy (non-hydrogen) atoms. The molecule has 1 amide bonds. The summed E-state index contributed by atoms with van der Waals surface area (Å²) >= 11 is 0. The molecule has 0 unspecified atom stereocenters. The Labute approximate surface area is 147 Å². The minimum atomic E-state index is 0.00669. The molecule has 6 heteroatoms. The van der Waals surface area contributed by atoms with Crippen LogP contribution in [0.3, 0.4) is 0 Å². The Kier molecular flexibility index (Phi) is 11.3. The second-order valence-electron chi connectivity index (χ2n) is 6.64. The van der Waals surface area contributed by atoms with E-state index >= 15 is 0 Å². The highest BCUT2D eigenvalue weighted by Gasteiger charge is 2.13. The third-order valence-electron chi connectivity index (χ3n) is 4.21. The Hall–Kier alpha value is -1.30. The van der Waals surface area contributed by atoms with Crippen molar-refractivity contribution in [2.45, 2.75) is 64.4 Å². The zero-order chi connectivity index (χ0) is 17.6. The number of unbranched alkanes of at least 4 members (excludes halogenated alkanes) is 1. The summed E-state index contributed by atoms with van der Waals surface area (Å²) in [5.41, 5.74) is 0. The van der Waals surface area contributed by atoms with E-state index in [1.807, 2.05) is 0 Å². The third-order valence-corrected chi connectivity index (χ3v) is 4.21. The van der Waals surface area contributed by atoms with Crippen LogP contribution in [0.2, 0.25) is 0 Å². The highest BCUT2D eigenvalue weighted by Crippen LogP contribution is 2.20. The van der Waals surface area contributed by atoms with Gasteiger partial charge in [0, 0.05) is 33.8 Å². The minimum absolute atomic E-state index is 0.00669. The van der Waals surface area contributed by atoms with Crippen LogP contribution in [0.15, 0.2) is 4.99 Å². The SMILES string of the molecule is CCCCNC(=NCC(=O)N(C)C)NCCCOC1CCCCC1. The molecular formula is C18H36N4O2. The predicted molar refractivity (Wildman–Crippen MR) is 99.4 cm³/mol. The van der Waals surface area contributed by atoms with Crippen LogP contribution in [-0.2, 0) is 9.53 Å². The van der Waals surface area contributed by atoms with Crippen molar-refractivity contribution in [3.05, 3.63) is 0 Å². The number of aliphatic imine (C=N–C) groups is 1.